The molecule has 0 aliphatic heterocycles. The number of hydrogen-bond acceptors (Lipinski definition) is 3. The zero-order valence-corrected chi connectivity index (χ0v) is 9.09. The summed E-state index contributed by atoms with van der Waals surface area (Å²) in [5.41, 5.74) is -0.592. The van der Waals surface area contributed by atoms with E-state index in [1.165, 1.54) is 0 Å². The topological polar surface area (TPSA) is 41.8 Å². The molecule has 0 aromatic heterocycles. The molecular formula is C8H5Cl3N2O. The summed E-state index contributed by atoms with van der Waals surface area (Å²) in [7, 11) is 0. The standard InChI is InChI=1S/C8H5Cl3N2O/c9-5-1-3-6(4-2-5)12-13-7(10)8(11)14/h1-4,7H. The molecule has 1 rings (SSSR count). The summed E-state index contributed by atoms with van der Waals surface area (Å²) in [6.07, 6.45) is 0. The maximum atomic E-state index is 10.5. The van der Waals surface area contributed by atoms with Crippen LogP contribution in [0.1, 0.15) is 0 Å². The van der Waals surface area contributed by atoms with Gasteiger partial charge >= 0.3 is 0 Å². The highest BCUT2D eigenvalue weighted by molar-refractivity contribution is 6.69. The Morgan fingerprint density at radius 1 is 1.29 bits per heavy atom. The fraction of sp³-hybridized carbons (Fsp3) is 0.125. The van der Waals surface area contributed by atoms with Gasteiger partial charge in [-0.15, -0.1) is 0 Å². The Morgan fingerprint density at radius 3 is 2.36 bits per heavy atom. The lowest BCUT2D eigenvalue weighted by molar-refractivity contribution is -0.111. The van der Waals surface area contributed by atoms with Crippen LogP contribution in [-0.2, 0) is 4.79 Å². The van der Waals surface area contributed by atoms with E-state index in [9.17, 15) is 4.79 Å². The van der Waals surface area contributed by atoms with Crippen molar-refractivity contribution >= 4 is 45.7 Å². The number of hydrogen-bond donors (Lipinski definition) is 0. The van der Waals surface area contributed by atoms with Crippen LogP contribution in [-0.4, -0.2) is 10.7 Å². The lowest BCUT2D eigenvalue weighted by Gasteiger charge is -1.94. The van der Waals surface area contributed by atoms with E-state index in [2.05, 4.69) is 10.2 Å². The van der Waals surface area contributed by atoms with Crippen LogP contribution < -0.4 is 0 Å². The predicted octanol–water partition coefficient (Wildman–Crippen LogP) is 3.75. The summed E-state index contributed by atoms with van der Waals surface area (Å²) in [6, 6.07) is 6.60. The zero-order chi connectivity index (χ0) is 10.6. The number of carbonyl (C=O) groups excluding carboxylic acids is 1. The quantitative estimate of drug-likeness (QED) is 0.349. The van der Waals surface area contributed by atoms with Gasteiger partial charge in [-0.05, 0) is 35.9 Å². The van der Waals surface area contributed by atoms with E-state index in [4.69, 9.17) is 34.8 Å². The number of azo groups is 1. The van der Waals surface area contributed by atoms with Crippen molar-refractivity contribution in [2.75, 3.05) is 0 Å². The van der Waals surface area contributed by atoms with Gasteiger partial charge in [-0.3, -0.25) is 4.79 Å². The third-order valence-corrected chi connectivity index (χ3v) is 2.14. The van der Waals surface area contributed by atoms with Gasteiger partial charge < -0.3 is 0 Å². The van der Waals surface area contributed by atoms with Gasteiger partial charge in [-0.25, -0.2) is 0 Å². The normalized spacial score (nSPS) is 13.1. The molecule has 1 unspecified atom stereocenters. The zero-order valence-electron chi connectivity index (χ0n) is 6.82. The minimum atomic E-state index is -1.15. The Kier molecular flexibility index (Phi) is 4.32. The number of nitrogens with zero attached hydrogens (tertiary/aromatic N) is 2. The number of halogens is 3. The minimum absolute atomic E-state index is 0.554. The van der Waals surface area contributed by atoms with Crippen LogP contribution in [0.4, 0.5) is 5.69 Å². The van der Waals surface area contributed by atoms with Crippen molar-refractivity contribution in [1.82, 2.24) is 0 Å². The third-order valence-electron chi connectivity index (χ3n) is 1.29. The number of benzene rings is 1. The van der Waals surface area contributed by atoms with Gasteiger partial charge in [0.15, 0.2) is 0 Å². The molecule has 74 valence electrons. The average molecular weight is 252 g/mol. The molecule has 0 aliphatic carbocycles. The van der Waals surface area contributed by atoms with Crippen LogP contribution >= 0.6 is 34.8 Å². The fourth-order valence-corrected chi connectivity index (χ4v) is 0.884. The molecule has 0 aliphatic rings. The van der Waals surface area contributed by atoms with Crippen LogP contribution in [0.3, 0.4) is 0 Å². The second-order valence-electron chi connectivity index (χ2n) is 2.33. The maximum absolute atomic E-state index is 10.5. The van der Waals surface area contributed by atoms with E-state index in [1.54, 1.807) is 24.3 Å². The lowest BCUT2D eigenvalue weighted by atomic mass is 10.3. The Morgan fingerprint density at radius 2 is 1.86 bits per heavy atom. The van der Waals surface area contributed by atoms with Crippen LogP contribution in [0, 0.1) is 0 Å². The fourth-order valence-electron chi connectivity index (χ4n) is 0.671. The molecule has 1 aromatic carbocycles. The molecule has 0 amide bonds. The lowest BCUT2D eigenvalue weighted by Crippen LogP contribution is -2.01. The van der Waals surface area contributed by atoms with E-state index >= 15 is 0 Å². The molecule has 1 atom stereocenters. The van der Waals surface area contributed by atoms with E-state index in [0.717, 1.165) is 0 Å². The second-order valence-corrected chi connectivity index (χ2v) is 3.55. The molecule has 0 radical (unpaired) electrons. The van der Waals surface area contributed by atoms with Gasteiger partial charge in [-0.2, -0.15) is 10.2 Å². The Labute approximate surface area is 95.7 Å². The van der Waals surface area contributed by atoms with Crippen molar-refractivity contribution in [2.45, 2.75) is 5.50 Å². The molecule has 0 spiro atoms. The molecule has 0 N–H and O–H groups in total. The Hall–Kier alpha value is -0.640. The van der Waals surface area contributed by atoms with E-state index < -0.39 is 10.7 Å². The molecule has 6 heteroatoms. The molecule has 14 heavy (non-hydrogen) atoms. The summed E-state index contributed by atoms with van der Waals surface area (Å²) < 4.78 is 0. The molecule has 3 nitrogen and oxygen atoms in total. The van der Waals surface area contributed by atoms with Crippen molar-refractivity contribution < 1.29 is 4.79 Å². The van der Waals surface area contributed by atoms with Crippen LogP contribution in [0.15, 0.2) is 34.5 Å². The monoisotopic (exact) mass is 250 g/mol. The number of carbonyl (C=O) groups is 1. The minimum Gasteiger partial charge on any atom is -0.277 e. The van der Waals surface area contributed by atoms with Crippen molar-refractivity contribution in [1.29, 1.82) is 0 Å². The molecule has 0 heterocycles. The Balaban J connectivity index is 2.69. The molecular weight excluding hydrogens is 246 g/mol. The Bertz CT molecular complexity index is 350. The van der Waals surface area contributed by atoms with Gasteiger partial charge in [-0.1, -0.05) is 23.2 Å². The van der Waals surface area contributed by atoms with Gasteiger partial charge in [0, 0.05) is 5.02 Å². The molecule has 0 saturated heterocycles. The summed E-state index contributed by atoms with van der Waals surface area (Å²) in [4.78, 5) is 10.5. The number of alkyl halides is 1. The summed E-state index contributed by atoms with van der Waals surface area (Å²) in [5.74, 6) is 0. The largest absolute Gasteiger partial charge is 0.277 e. The van der Waals surface area contributed by atoms with Gasteiger partial charge in [0.25, 0.3) is 5.24 Å². The van der Waals surface area contributed by atoms with Crippen LogP contribution in [0.25, 0.3) is 0 Å². The van der Waals surface area contributed by atoms with Crippen molar-refractivity contribution in [3.63, 3.8) is 0 Å². The van der Waals surface area contributed by atoms with E-state index in [-0.39, 0.29) is 0 Å². The van der Waals surface area contributed by atoms with Gasteiger partial charge in [0.2, 0.25) is 5.50 Å². The van der Waals surface area contributed by atoms with E-state index in [1.807, 2.05) is 0 Å². The first-order valence-corrected chi connectivity index (χ1v) is 4.78. The first-order valence-electron chi connectivity index (χ1n) is 3.59. The highest BCUT2D eigenvalue weighted by atomic mass is 35.5. The molecule has 1 aromatic rings. The average Bonchev–Trinajstić information content (AvgIpc) is 2.16. The highest BCUT2D eigenvalue weighted by Gasteiger charge is 2.09. The smallest absolute Gasteiger partial charge is 0.263 e. The molecule has 0 bridgehead atoms. The van der Waals surface area contributed by atoms with Gasteiger partial charge in [0.1, 0.15) is 0 Å². The maximum Gasteiger partial charge on any atom is 0.263 e. The predicted molar refractivity (Wildman–Crippen MR) is 56.5 cm³/mol. The third kappa shape index (κ3) is 3.62. The second kappa shape index (κ2) is 5.29. The van der Waals surface area contributed by atoms with Crippen molar-refractivity contribution in [3.05, 3.63) is 29.3 Å². The van der Waals surface area contributed by atoms with Crippen LogP contribution in [0.5, 0.6) is 0 Å². The highest BCUT2D eigenvalue weighted by Crippen LogP contribution is 2.17. The molecule has 0 fully saturated rings. The van der Waals surface area contributed by atoms with Crippen molar-refractivity contribution in [2.24, 2.45) is 10.2 Å². The first kappa shape index (κ1) is 11.4. The first-order chi connectivity index (χ1) is 6.59. The molecule has 0 saturated carbocycles. The summed E-state index contributed by atoms with van der Waals surface area (Å²) in [6.45, 7) is 0. The summed E-state index contributed by atoms with van der Waals surface area (Å²) in [5, 5.41) is 7.02. The summed E-state index contributed by atoms with van der Waals surface area (Å²) >= 11 is 16.2. The van der Waals surface area contributed by atoms with Gasteiger partial charge in [0.05, 0.1) is 5.69 Å². The number of rotatable bonds is 3. The van der Waals surface area contributed by atoms with Crippen molar-refractivity contribution in [3.8, 4) is 0 Å². The SMILES string of the molecule is O=C(Cl)C(Cl)N=Nc1ccc(Cl)cc1. The van der Waals surface area contributed by atoms with Crippen LogP contribution in [0.2, 0.25) is 5.02 Å². The van der Waals surface area contributed by atoms with E-state index in [0.29, 0.717) is 10.7 Å².